The minimum absolute atomic E-state index is 0. The lowest BCUT2D eigenvalue weighted by Gasteiger charge is -2.24. The van der Waals surface area contributed by atoms with E-state index in [1.165, 1.54) is 12.1 Å². The monoisotopic (exact) mass is 347 g/mol. The van der Waals surface area contributed by atoms with Crippen LogP contribution in [0.1, 0.15) is 29.9 Å². The molecule has 0 unspecified atom stereocenters. The van der Waals surface area contributed by atoms with Gasteiger partial charge in [0.1, 0.15) is 5.82 Å². The summed E-state index contributed by atoms with van der Waals surface area (Å²) in [6.07, 6.45) is 0. The number of fused-ring (bicyclic) bond motifs is 1. The van der Waals surface area contributed by atoms with Crippen LogP contribution >= 0.6 is 24.8 Å². The first-order valence-corrected chi connectivity index (χ1v) is 6.42. The van der Waals surface area contributed by atoms with Crippen LogP contribution in [0, 0.1) is 12.7 Å². The van der Waals surface area contributed by atoms with Gasteiger partial charge in [-0.3, -0.25) is 9.78 Å². The van der Waals surface area contributed by atoms with Gasteiger partial charge in [0.05, 0.1) is 16.8 Å². The van der Waals surface area contributed by atoms with E-state index < -0.39 is 5.54 Å². The molecule has 1 heterocycles. The molecule has 1 aromatic carbocycles. The van der Waals surface area contributed by atoms with Gasteiger partial charge in [-0.15, -0.1) is 24.8 Å². The molecule has 0 aliphatic rings. The third kappa shape index (κ3) is 4.53. The van der Waals surface area contributed by atoms with E-state index in [9.17, 15) is 9.18 Å². The minimum atomic E-state index is -0.485. The molecule has 0 bridgehead atoms. The summed E-state index contributed by atoms with van der Waals surface area (Å²) in [7, 11) is 0. The van der Waals surface area contributed by atoms with E-state index in [4.69, 9.17) is 5.73 Å². The van der Waals surface area contributed by atoms with Gasteiger partial charge in [0.15, 0.2) is 0 Å². The van der Waals surface area contributed by atoms with E-state index in [1.807, 2.05) is 13.8 Å². The normalized spacial score (nSPS) is 10.6. The Bertz CT molecular complexity index is 677. The Hall–Kier alpha value is -1.43. The lowest BCUT2D eigenvalue weighted by atomic mass is 10.0. The van der Waals surface area contributed by atoms with Crippen LogP contribution < -0.4 is 11.1 Å². The fraction of sp³-hybridized carbons (Fsp3) is 0.333. The molecule has 1 amide bonds. The van der Waals surface area contributed by atoms with E-state index in [2.05, 4.69) is 10.3 Å². The van der Waals surface area contributed by atoms with Crippen molar-refractivity contribution in [2.75, 3.05) is 6.54 Å². The Morgan fingerprint density at radius 2 is 1.95 bits per heavy atom. The molecule has 22 heavy (non-hydrogen) atoms. The first-order valence-electron chi connectivity index (χ1n) is 6.42. The second kappa shape index (κ2) is 7.72. The highest BCUT2D eigenvalue weighted by Gasteiger charge is 2.21. The summed E-state index contributed by atoms with van der Waals surface area (Å²) in [5.41, 5.74) is 6.70. The molecule has 1 aromatic heterocycles. The number of carbonyl (C=O) groups excluding carboxylic acids is 1. The maximum Gasteiger partial charge on any atom is 0.253 e. The molecule has 0 atom stereocenters. The zero-order valence-corrected chi connectivity index (χ0v) is 14.3. The first kappa shape index (κ1) is 20.6. The number of nitrogens with two attached hydrogens (primary N) is 1. The quantitative estimate of drug-likeness (QED) is 0.896. The third-order valence-corrected chi connectivity index (χ3v) is 3.18. The fourth-order valence-corrected chi connectivity index (χ4v) is 1.89. The van der Waals surface area contributed by atoms with Crippen molar-refractivity contribution in [2.45, 2.75) is 26.3 Å². The summed E-state index contributed by atoms with van der Waals surface area (Å²) in [4.78, 5) is 16.6. The molecule has 122 valence electrons. The number of benzene rings is 1. The van der Waals surface area contributed by atoms with Crippen LogP contribution in [0.5, 0.6) is 0 Å². The van der Waals surface area contributed by atoms with E-state index in [0.29, 0.717) is 23.3 Å². The molecule has 2 aromatic rings. The van der Waals surface area contributed by atoms with Gasteiger partial charge >= 0.3 is 0 Å². The molecule has 0 saturated heterocycles. The van der Waals surface area contributed by atoms with Gasteiger partial charge in [-0.05, 0) is 39.0 Å². The molecule has 7 heteroatoms. The summed E-state index contributed by atoms with van der Waals surface area (Å²) in [6, 6.07) is 6.04. The topological polar surface area (TPSA) is 68.0 Å². The first-order chi connectivity index (χ1) is 9.32. The van der Waals surface area contributed by atoms with Crippen LogP contribution in [0.15, 0.2) is 24.3 Å². The average Bonchev–Trinajstić information content (AvgIpc) is 2.37. The van der Waals surface area contributed by atoms with Crippen molar-refractivity contribution < 1.29 is 9.18 Å². The van der Waals surface area contributed by atoms with E-state index in [-0.39, 0.29) is 36.5 Å². The van der Waals surface area contributed by atoms with Crippen LogP contribution in [-0.4, -0.2) is 23.0 Å². The van der Waals surface area contributed by atoms with Gasteiger partial charge in [-0.1, -0.05) is 0 Å². The lowest BCUT2D eigenvalue weighted by molar-refractivity contribution is 0.0915. The Balaban J connectivity index is 0.00000220. The molecule has 0 saturated carbocycles. The molecule has 0 spiro atoms. The van der Waals surface area contributed by atoms with Gasteiger partial charge in [-0.25, -0.2) is 4.39 Å². The minimum Gasteiger partial charge on any atom is -0.346 e. The van der Waals surface area contributed by atoms with Gasteiger partial charge in [0.2, 0.25) is 0 Å². The molecular formula is C15H20Cl2FN3O. The smallest absolute Gasteiger partial charge is 0.253 e. The SMILES string of the molecule is Cc1nc2cc(F)ccc2cc1C(=O)NC(C)(C)CN.Cl.Cl. The lowest BCUT2D eigenvalue weighted by Crippen LogP contribution is -2.49. The summed E-state index contributed by atoms with van der Waals surface area (Å²) in [5.74, 6) is -0.567. The predicted molar refractivity (Wildman–Crippen MR) is 91.5 cm³/mol. The number of pyridine rings is 1. The number of hydrogen-bond acceptors (Lipinski definition) is 3. The zero-order chi connectivity index (χ0) is 14.9. The van der Waals surface area contributed by atoms with Gasteiger partial charge < -0.3 is 11.1 Å². The number of aryl methyl sites for hydroxylation is 1. The van der Waals surface area contributed by atoms with Crippen molar-refractivity contribution in [1.82, 2.24) is 10.3 Å². The molecular weight excluding hydrogens is 328 g/mol. The van der Waals surface area contributed by atoms with Crippen LogP contribution in [-0.2, 0) is 0 Å². The summed E-state index contributed by atoms with van der Waals surface area (Å²) in [5, 5.41) is 3.59. The highest BCUT2D eigenvalue weighted by atomic mass is 35.5. The van der Waals surface area contributed by atoms with Crippen LogP contribution in [0.4, 0.5) is 4.39 Å². The van der Waals surface area contributed by atoms with Crippen LogP contribution in [0.25, 0.3) is 10.9 Å². The van der Waals surface area contributed by atoms with E-state index in [1.54, 1.807) is 19.1 Å². The van der Waals surface area contributed by atoms with E-state index in [0.717, 1.165) is 5.39 Å². The predicted octanol–water partition coefficient (Wildman–Crippen LogP) is 2.99. The number of halogens is 3. The third-order valence-electron chi connectivity index (χ3n) is 3.18. The molecule has 2 rings (SSSR count). The maximum atomic E-state index is 13.2. The van der Waals surface area contributed by atoms with Crippen LogP contribution in [0.2, 0.25) is 0 Å². The second-order valence-corrected chi connectivity index (χ2v) is 5.50. The second-order valence-electron chi connectivity index (χ2n) is 5.50. The van der Waals surface area contributed by atoms with Crippen molar-refractivity contribution in [1.29, 1.82) is 0 Å². The van der Waals surface area contributed by atoms with Gasteiger partial charge in [-0.2, -0.15) is 0 Å². The molecule has 0 fully saturated rings. The van der Waals surface area contributed by atoms with Crippen molar-refractivity contribution >= 4 is 41.6 Å². The van der Waals surface area contributed by atoms with Gasteiger partial charge in [0.25, 0.3) is 5.91 Å². The van der Waals surface area contributed by atoms with Crippen LogP contribution in [0.3, 0.4) is 0 Å². The number of carbonyl (C=O) groups is 1. The molecule has 3 N–H and O–H groups in total. The zero-order valence-electron chi connectivity index (χ0n) is 12.6. The maximum absolute atomic E-state index is 13.2. The summed E-state index contributed by atoms with van der Waals surface area (Å²) >= 11 is 0. The summed E-state index contributed by atoms with van der Waals surface area (Å²) in [6.45, 7) is 5.77. The number of nitrogens with zero attached hydrogens (tertiary/aromatic N) is 1. The van der Waals surface area contributed by atoms with Crippen molar-refractivity contribution in [2.24, 2.45) is 5.73 Å². The molecule has 4 nitrogen and oxygen atoms in total. The number of amides is 1. The summed E-state index contributed by atoms with van der Waals surface area (Å²) < 4.78 is 13.2. The van der Waals surface area contributed by atoms with Crippen molar-refractivity contribution in [3.05, 3.63) is 41.3 Å². The number of nitrogens with one attached hydrogen (secondary N) is 1. The standard InChI is InChI=1S/C15H18FN3O.2ClH/c1-9-12(14(20)19-15(2,3)8-17)6-10-4-5-11(16)7-13(10)18-9;;/h4-7H,8,17H2,1-3H3,(H,19,20);2*1H. The van der Waals surface area contributed by atoms with Crippen molar-refractivity contribution in [3.63, 3.8) is 0 Å². The Morgan fingerprint density at radius 1 is 1.32 bits per heavy atom. The molecule has 0 aliphatic heterocycles. The Kier molecular flexibility index (Phi) is 7.22. The van der Waals surface area contributed by atoms with Crippen molar-refractivity contribution in [3.8, 4) is 0 Å². The largest absolute Gasteiger partial charge is 0.346 e. The number of aromatic nitrogens is 1. The highest BCUT2D eigenvalue weighted by Crippen LogP contribution is 2.18. The van der Waals surface area contributed by atoms with Gasteiger partial charge in [0, 0.05) is 23.5 Å². The Morgan fingerprint density at radius 3 is 2.55 bits per heavy atom. The molecule has 0 radical (unpaired) electrons. The fourth-order valence-electron chi connectivity index (χ4n) is 1.89. The highest BCUT2D eigenvalue weighted by molar-refractivity contribution is 5.99. The van der Waals surface area contributed by atoms with E-state index >= 15 is 0 Å². The average molecular weight is 348 g/mol. The number of rotatable bonds is 3. The number of hydrogen-bond donors (Lipinski definition) is 2. The Labute approximate surface area is 141 Å². The molecule has 0 aliphatic carbocycles.